The van der Waals surface area contributed by atoms with Crippen molar-refractivity contribution in [1.29, 1.82) is 0 Å². The summed E-state index contributed by atoms with van der Waals surface area (Å²) in [5.41, 5.74) is 3.21. The molecule has 0 aliphatic heterocycles. The Balaban J connectivity index is 1.42. The number of hydrogen-bond acceptors (Lipinski definition) is 4. The molecule has 0 N–H and O–H groups in total. The topological polar surface area (TPSA) is 31.4 Å². The van der Waals surface area contributed by atoms with E-state index >= 15 is 0 Å². The smallest absolute Gasteiger partial charge is 0.145 e. The van der Waals surface area contributed by atoms with Crippen LogP contribution in [0.2, 0.25) is 0 Å². The minimum Gasteiger partial charge on any atom is -0.489 e. The molecule has 5 rings (SSSR count). The van der Waals surface area contributed by atoms with Crippen molar-refractivity contribution in [1.82, 2.24) is 4.98 Å². The number of aryl methyl sites for hydroxylation is 1. The summed E-state index contributed by atoms with van der Waals surface area (Å²) in [7, 11) is 1.78. The lowest BCUT2D eigenvalue weighted by Gasteiger charge is -2.27. The molecule has 0 spiro atoms. The fourth-order valence-electron chi connectivity index (χ4n) is 4.12. The molecule has 4 aromatic rings. The molecule has 140 valence electrons. The Morgan fingerprint density at radius 2 is 1.93 bits per heavy atom. The third-order valence-electron chi connectivity index (χ3n) is 5.61. The first-order chi connectivity index (χ1) is 13.8. The fraction of sp³-hybridized carbons (Fsp3) is 0.208. The minimum atomic E-state index is -0.453. The third kappa shape index (κ3) is 2.89. The summed E-state index contributed by atoms with van der Waals surface area (Å²) in [6.45, 7) is 0.543. The number of thiazole rings is 1. The first kappa shape index (κ1) is 17.4. The van der Waals surface area contributed by atoms with Gasteiger partial charge in [0.05, 0.1) is 0 Å². The SMILES string of the molecule is CO[C@@]1(c2nccs2)CCc2ccc(OCc3ccc4ccccc4c3)cc21. The molecule has 1 heterocycles. The molecular formula is C24H21NO2S. The lowest BCUT2D eigenvalue weighted by atomic mass is 9.96. The number of methoxy groups -OCH3 is 1. The van der Waals surface area contributed by atoms with E-state index in [1.807, 2.05) is 11.6 Å². The van der Waals surface area contributed by atoms with Gasteiger partial charge in [0.1, 0.15) is 23.0 Å². The maximum Gasteiger partial charge on any atom is 0.145 e. The zero-order valence-corrected chi connectivity index (χ0v) is 16.5. The minimum absolute atomic E-state index is 0.453. The van der Waals surface area contributed by atoms with Gasteiger partial charge in [-0.05, 0) is 58.5 Å². The van der Waals surface area contributed by atoms with Crippen molar-refractivity contribution in [2.24, 2.45) is 0 Å². The monoisotopic (exact) mass is 387 g/mol. The largest absolute Gasteiger partial charge is 0.489 e. The first-order valence-electron chi connectivity index (χ1n) is 9.47. The van der Waals surface area contributed by atoms with Gasteiger partial charge in [0.15, 0.2) is 0 Å². The molecule has 0 radical (unpaired) electrons. The quantitative estimate of drug-likeness (QED) is 0.439. The standard InChI is InChI=1S/C24H21NO2S/c1-26-24(23-25-12-13-28-23)11-10-19-8-9-21(15-22(19)24)27-16-17-6-7-18-4-2-3-5-20(18)14-17/h2-9,12-15H,10-11,16H2,1H3/t24-/m0/s1. The predicted molar refractivity (Wildman–Crippen MR) is 113 cm³/mol. The van der Waals surface area contributed by atoms with Crippen LogP contribution in [0.25, 0.3) is 10.8 Å². The Labute approximate surface area is 168 Å². The summed E-state index contributed by atoms with van der Waals surface area (Å²) in [6, 6.07) is 21.2. The summed E-state index contributed by atoms with van der Waals surface area (Å²) in [5, 5.41) is 5.51. The second-order valence-electron chi connectivity index (χ2n) is 7.16. The summed E-state index contributed by atoms with van der Waals surface area (Å²) in [5.74, 6) is 0.867. The first-order valence-corrected chi connectivity index (χ1v) is 10.4. The molecule has 1 aliphatic rings. The van der Waals surface area contributed by atoms with Crippen LogP contribution in [-0.4, -0.2) is 12.1 Å². The van der Waals surface area contributed by atoms with Crippen molar-refractivity contribution in [3.05, 3.63) is 93.9 Å². The molecule has 0 saturated heterocycles. The van der Waals surface area contributed by atoms with E-state index in [0.29, 0.717) is 6.61 Å². The Morgan fingerprint density at radius 1 is 1.04 bits per heavy atom. The average Bonchev–Trinajstić information content (AvgIpc) is 3.40. The molecule has 4 heteroatoms. The molecule has 3 aromatic carbocycles. The number of benzene rings is 3. The molecule has 1 aliphatic carbocycles. The van der Waals surface area contributed by atoms with Crippen LogP contribution in [0.15, 0.2) is 72.2 Å². The van der Waals surface area contributed by atoms with E-state index in [-0.39, 0.29) is 0 Å². The Morgan fingerprint density at radius 3 is 2.75 bits per heavy atom. The van der Waals surface area contributed by atoms with Gasteiger partial charge in [-0.2, -0.15) is 0 Å². The Kier molecular flexibility index (Phi) is 4.38. The zero-order valence-electron chi connectivity index (χ0n) is 15.7. The van der Waals surface area contributed by atoms with Gasteiger partial charge in [0, 0.05) is 18.7 Å². The van der Waals surface area contributed by atoms with E-state index in [0.717, 1.165) is 29.2 Å². The number of rotatable bonds is 5. The molecule has 0 unspecified atom stereocenters. The van der Waals surface area contributed by atoms with E-state index in [9.17, 15) is 0 Å². The molecule has 0 amide bonds. The molecular weight excluding hydrogens is 366 g/mol. The van der Waals surface area contributed by atoms with Crippen LogP contribution in [0.5, 0.6) is 5.75 Å². The van der Waals surface area contributed by atoms with Crippen molar-refractivity contribution in [2.75, 3.05) is 7.11 Å². The van der Waals surface area contributed by atoms with Gasteiger partial charge in [-0.3, -0.25) is 0 Å². The number of nitrogens with zero attached hydrogens (tertiary/aromatic N) is 1. The molecule has 0 fully saturated rings. The van der Waals surface area contributed by atoms with Gasteiger partial charge >= 0.3 is 0 Å². The maximum atomic E-state index is 6.15. The number of ether oxygens (including phenoxy) is 2. The van der Waals surface area contributed by atoms with Crippen molar-refractivity contribution >= 4 is 22.1 Å². The van der Waals surface area contributed by atoms with Gasteiger partial charge in [-0.1, -0.05) is 42.5 Å². The molecule has 0 bridgehead atoms. The van der Waals surface area contributed by atoms with Gasteiger partial charge < -0.3 is 9.47 Å². The van der Waals surface area contributed by atoms with E-state index < -0.39 is 5.60 Å². The molecule has 1 atom stereocenters. The molecule has 3 nitrogen and oxygen atoms in total. The molecule has 0 saturated carbocycles. The fourth-order valence-corrected chi connectivity index (χ4v) is 4.98. The highest BCUT2D eigenvalue weighted by molar-refractivity contribution is 7.09. The van der Waals surface area contributed by atoms with Crippen LogP contribution in [0.3, 0.4) is 0 Å². The summed E-state index contributed by atoms with van der Waals surface area (Å²) in [4.78, 5) is 4.55. The molecule has 1 aromatic heterocycles. The maximum absolute atomic E-state index is 6.15. The van der Waals surface area contributed by atoms with E-state index in [1.54, 1.807) is 18.4 Å². The van der Waals surface area contributed by atoms with Crippen LogP contribution in [0.1, 0.15) is 28.1 Å². The van der Waals surface area contributed by atoms with Gasteiger partial charge in [-0.25, -0.2) is 4.98 Å². The highest BCUT2D eigenvalue weighted by atomic mass is 32.1. The van der Waals surface area contributed by atoms with Crippen molar-refractivity contribution in [3.63, 3.8) is 0 Å². The Hall–Kier alpha value is -2.69. The van der Waals surface area contributed by atoms with Gasteiger partial charge in [-0.15, -0.1) is 11.3 Å². The molecule has 28 heavy (non-hydrogen) atoms. The highest BCUT2D eigenvalue weighted by Crippen LogP contribution is 2.46. The number of aromatic nitrogens is 1. The third-order valence-corrected chi connectivity index (χ3v) is 6.52. The van der Waals surface area contributed by atoms with Crippen LogP contribution in [0, 0.1) is 0 Å². The average molecular weight is 388 g/mol. The van der Waals surface area contributed by atoms with Gasteiger partial charge in [0.25, 0.3) is 0 Å². The second kappa shape index (κ2) is 7.04. The highest BCUT2D eigenvalue weighted by Gasteiger charge is 2.43. The number of fused-ring (bicyclic) bond motifs is 2. The normalized spacial score (nSPS) is 18.3. The van der Waals surface area contributed by atoms with Crippen LogP contribution >= 0.6 is 11.3 Å². The number of hydrogen-bond donors (Lipinski definition) is 0. The van der Waals surface area contributed by atoms with Crippen LogP contribution < -0.4 is 4.74 Å². The van der Waals surface area contributed by atoms with Crippen LogP contribution in [0.4, 0.5) is 0 Å². The van der Waals surface area contributed by atoms with Gasteiger partial charge in [0.2, 0.25) is 0 Å². The summed E-state index contributed by atoms with van der Waals surface area (Å²) in [6.07, 6.45) is 3.76. The summed E-state index contributed by atoms with van der Waals surface area (Å²) < 4.78 is 12.2. The lowest BCUT2D eigenvalue weighted by Crippen LogP contribution is -2.26. The zero-order chi connectivity index (χ0) is 19.0. The van der Waals surface area contributed by atoms with E-state index in [4.69, 9.17) is 9.47 Å². The predicted octanol–water partition coefficient (Wildman–Crippen LogP) is 5.71. The van der Waals surface area contributed by atoms with Crippen molar-refractivity contribution < 1.29 is 9.47 Å². The van der Waals surface area contributed by atoms with Crippen LogP contribution in [-0.2, 0) is 23.4 Å². The van der Waals surface area contributed by atoms with Crippen molar-refractivity contribution in [3.8, 4) is 5.75 Å². The van der Waals surface area contributed by atoms with Crippen molar-refractivity contribution in [2.45, 2.75) is 25.0 Å². The van der Waals surface area contributed by atoms with E-state index in [2.05, 4.69) is 65.6 Å². The lowest BCUT2D eigenvalue weighted by molar-refractivity contribution is 0.0234. The van der Waals surface area contributed by atoms with E-state index in [1.165, 1.54) is 21.9 Å². The summed E-state index contributed by atoms with van der Waals surface area (Å²) >= 11 is 1.65. The second-order valence-corrected chi connectivity index (χ2v) is 8.05. The Bertz CT molecular complexity index is 1120.